The topological polar surface area (TPSA) is 71.8 Å². The minimum Gasteiger partial charge on any atom is -0.492 e. The van der Waals surface area contributed by atoms with Crippen LogP contribution in [0.3, 0.4) is 0 Å². The van der Waals surface area contributed by atoms with Crippen LogP contribution in [0.5, 0.6) is 5.75 Å². The van der Waals surface area contributed by atoms with Gasteiger partial charge < -0.3 is 10.1 Å². The Morgan fingerprint density at radius 3 is 2.61 bits per heavy atom. The predicted octanol–water partition coefficient (Wildman–Crippen LogP) is 4.11. The van der Waals surface area contributed by atoms with Crippen molar-refractivity contribution in [2.75, 3.05) is 37.8 Å². The van der Waals surface area contributed by atoms with Gasteiger partial charge in [0.15, 0.2) is 11.5 Å². The summed E-state index contributed by atoms with van der Waals surface area (Å²) in [5, 5.41) is 8.11. The first-order valence-corrected chi connectivity index (χ1v) is 14.5. The molecule has 0 radical (unpaired) electrons. The molecule has 36 heavy (non-hydrogen) atoms. The van der Waals surface area contributed by atoms with Crippen molar-refractivity contribution in [3.63, 3.8) is 0 Å². The van der Waals surface area contributed by atoms with Crippen molar-refractivity contribution in [2.45, 2.75) is 30.7 Å². The van der Waals surface area contributed by atoms with E-state index in [0.717, 1.165) is 52.1 Å². The van der Waals surface area contributed by atoms with E-state index in [4.69, 9.17) is 9.72 Å². The number of ether oxygens (including phenoxy) is 1. The molecular formula is C28H33N5O2S. The molecule has 0 saturated carbocycles. The molecule has 1 aliphatic heterocycles. The van der Waals surface area contributed by atoms with Gasteiger partial charge in [0.2, 0.25) is 0 Å². The molecule has 3 heterocycles. The zero-order chi connectivity index (χ0) is 25.0. The van der Waals surface area contributed by atoms with Crippen molar-refractivity contribution in [1.82, 2.24) is 19.5 Å². The molecule has 1 fully saturated rings. The Balaban J connectivity index is 1.23. The van der Waals surface area contributed by atoms with Crippen LogP contribution in [0.25, 0.3) is 5.65 Å². The molecule has 1 saturated heterocycles. The highest BCUT2D eigenvalue weighted by atomic mass is 32.2. The molecule has 188 valence electrons. The van der Waals surface area contributed by atoms with Crippen LogP contribution in [-0.2, 0) is 22.5 Å². The third kappa shape index (κ3) is 5.88. The van der Waals surface area contributed by atoms with E-state index in [-0.39, 0.29) is 0 Å². The van der Waals surface area contributed by atoms with E-state index >= 15 is 0 Å². The molecule has 8 heteroatoms. The van der Waals surface area contributed by atoms with Crippen molar-refractivity contribution in [3.05, 3.63) is 83.8 Å². The number of hydrogen-bond acceptors (Lipinski definition) is 6. The highest BCUT2D eigenvalue weighted by Crippen LogP contribution is 2.21. The van der Waals surface area contributed by atoms with Crippen molar-refractivity contribution in [2.24, 2.45) is 0 Å². The zero-order valence-corrected chi connectivity index (χ0v) is 21.5. The van der Waals surface area contributed by atoms with Crippen molar-refractivity contribution >= 4 is 26.7 Å². The molecule has 1 unspecified atom stereocenters. The van der Waals surface area contributed by atoms with Gasteiger partial charge in [-0.2, -0.15) is 5.10 Å². The van der Waals surface area contributed by atoms with Crippen LogP contribution >= 0.6 is 0 Å². The number of aromatic nitrogens is 3. The molecule has 5 rings (SSSR count). The van der Waals surface area contributed by atoms with Gasteiger partial charge in [-0.05, 0) is 82.8 Å². The Labute approximate surface area is 213 Å². The van der Waals surface area contributed by atoms with Gasteiger partial charge in [-0.1, -0.05) is 30.3 Å². The van der Waals surface area contributed by atoms with Crippen LogP contribution < -0.4 is 10.1 Å². The zero-order valence-electron chi connectivity index (χ0n) is 20.7. The van der Waals surface area contributed by atoms with Crippen LogP contribution in [-0.4, -0.2) is 62.1 Å². The molecule has 1 atom stereocenters. The summed E-state index contributed by atoms with van der Waals surface area (Å²) in [4.78, 5) is 8.02. The van der Waals surface area contributed by atoms with Crippen LogP contribution in [0.4, 0.5) is 5.69 Å². The van der Waals surface area contributed by atoms with Gasteiger partial charge in [0.1, 0.15) is 12.4 Å². The second-order valence-corrected chi connectivity index (χ2v) is 11.9. The quantitative estimate of drug-likeness (QED) is 0.329. The molecule has 0 spiro atoms. The summed E-state index contributed by atoms with van der Waals surface area (Å²) in [5.74, 6) is 5.50. The van der Waals surface area contributed by atoms with Gasteiger partial charge in [0.05, 0.1) is 5.69 Å². The lowest BCUT2D eigenvalue weighted by Crippen LogP contribution is -2.25. The van der Waals surface area contributed by atoms with Gasteiger partial charge >= 0.3 is 0 Å². The molecule has 2 aromatic carbocycles. The smallest absolute Gasteiger partial charge is 0.178 e. The maximum Gasteiger partial charge on any atom is 0.178 e. The SMILES string of the molecule is C=S(C)(=O)c1ccccc1CNc1cccn2nc(Cc3ccc(OCCN4CCCC4)cc3)nc12. The number of pyridine rings is 1. The molecule has 7 nitrogen and oxygen atoms in total. The summed E-state index contributed by atoms with van der Waals surface area (Å²) < 4.78 is 20.3. The Morgan fingerprint density at radius 2 is 1.83 bits per heavy atom. The normalized spacial score (nSPS) is 15.7. The minimum absolute atomic E-state index is 0.525. The highest BCUT2D eigenvalue weighted by molar-refractivity contribution is 7.99. The standard InChI is InChI=1S/C28H33N5O2S/c1-36(2,34)26-10-4-3-8-23(26)21-29-25-9-7-17-33-28(25)30-27(31-33)20-22-11-13-24(14-12-22)35-19-18-32-15-5-6-16-32/h3-4,7-14,17,29H,1,5-6,15-16,18-21H2,2H3. The fourth-order valence-electron chi connectivity index (χ4n) is 4.61. The van der Waals surface area contributed by atoms with Crippen molar-refractivity contribution < 1.29 is 8.95 Å². The average molecular weight is 504 g/mol. The summed E-state index contributed by atoms with van der Waals surface area (Å²) >= 11 is 0. The molecule has 1 N–H and O–H groups in total. The lowest BCUT2D eigenvalue weighted by Gasteiger charge is -2.14. The van der Waals surface area contributed by atoms with Crippen LogP contribution in [0.15, 0.2) is 71.8 Å². The number of likely N-dealkylation sites (tertiary alicyclic amines) is 1. The Morgan fingerprint density at radius 1 is 1.06 bits per heavy atom. The second-order valence-electron chi connectivity index (χ2n) is 9.40. The fourth-order valence-corrected chi connectivity index (χ4v) is 5.67. The fraction of sp³-hybridized carbons (Fsp3) is 0.321. The molecule has 1 aliphatic rings. The molecular weight excluding hydrogens is 470 g/mol. The van der Waals surface area contributed by atoms with Crippen LogP contribution in [0.2, 0.25) is 0 Å². The maximum absolute atomic E-state index is 12.6. The lowest BCUT2D eigenvalue weighted by atomic mass is 10.1. The van der Waals surface area contributed by atoms with E-state index in [1.54, 1.807) is 10.8 Å². The Kier molecular flexibility index (Phi) is 7.25. The number of hydrogen-bond donors (Lipinski definition) is 1. The monoisotopic (exact) mass is 503 g/mol. The van der Waals surface area contributed by atoms with Crippen LogP contribution in [0.1, 0.15) is 29.8 Å². The first kappa shape index (κ1) is 24.3. The molecule has 0 bridgehead atoms. The second kappa shape index (κ2) is 10.7. The van der Waals surface area contributed by atoms with Crippen molar-refractivity contribution in [3.8, 4) is 5.75 Å². The van der Waals surface area contributed by atoms with Gasteiger partial charge in [0.25, 0.3) is 0 Å². The molecule has 2 aromatic heterocycles. The van der Waals surface area contributed by atoms with E-state index in [9.17, 15) is 4.21 Å². The number of nitrogens with zero attached hydrogens (tertiary/aromatic N) is 4. The number of nitrogens with one attached hydrogen (secondary N) is 1. The summed E-state index contributed by atoms with van der Waals surface area (Å²) in [7, 11) is -2.31. The minimum atomic E-state index is -2.31. The van der Waals surface area contributed by atoms with E-state index < -0.39 is 9.52 Å². The third-order valence-electron chi connectivity index (χ3n) is 6.47. The van der Waals surface area contributed by atoms with E-state index in [2.05, 4.69) is 33.3 Å². The van der Waals surface area contributed by atoms with E-state index in [1.165, 1.54) is 25.9 Å². The molecule has 0 aliphatic carbocycles. The third-order valence-corrected chi connectivity index (χ3v) is 7.80. The molecule has 4 aromatic rings. The number of rotatable bonds is 10. The predicted molar refractivity (Wildman–Crippen MR) is 147 cm³/mol. The summed E-state index contributed by atoms with van der Waals surface area (Å²) in [5.41, 5.74) is 3.73. The lowest BCUT2D eigenvalue weighted by molar-refractivity contribution is 0.238. The van der Waals surface area contributed by atoms with Gasteiger partial charge in [0, 0.05) is 36.9 Å². The van der Waals surface area contributed by atoms with Gasteiger partial charge in [-0.15, -0.1) is 0 Å². The highest BCUT2D eigenvalue weighted by Gasteiger charge is 2.12. The average Bonchev–Trinajstić information content (AvgIpc) is 3.53. The van der Waals surface area contributed by atoms with Crippen LogP contribution in [0, 0.1) is 0 Å². The molecule has 0 amide bonds. The van der Waals surface area contributed by atoms with E-state index in [0.29, 0.717) is 13.0 Å². The number of anilines is 1. The Hall–Kier alpha value is -3.36. The van der Waals surface area contributed by atoms with Crippen molar-refractivity contribution in [1.29, 1.82) is 0 Å². The first-order valence-electron chi connectivity index (χ1n) is 12.4. The first-order chi connectivity index (χ1) is 17.5. The number of fused-ring (bicyclic) bond motifs is 1. The van der Waals surface area contributed by atoms with Gasteiger partial charge in [-0.25, -0.2) is 9.50 Å². The largest absolute Gasteiger partial charge is 0.492 e. The summed E-state index contributed by atoms with van der Waals surface area (Å²) in [6.07, 6.45) is 6.81. The van der Waals surface area contributed by atoms with Gasteiger partial charge in [-0.3, -0.25) is 9.11 Å². The van der Waals surface area contributed by atoms with E-state index in [1.807, 2.05) is 54.7 Å². The summed E-state index contributed by atoms with van der Waals surface area (Å²) in [6, 6.07) is 19.8. The summed E-state index contributed by atoms with van der Waals surface area (Å²) in [6.45, 7) is 4.61. The number of benzene rings is 2. The maximum atomic E-state index is 12.6. The Bertz CT molecular complexity index is 1420.